The van der Waals surface area contributed by atoms with Crippen LogP contribution in [0.2, 0.25) is 0 Å². The summed E-state index contributed by atoms with van der Waals surface area (Å²) in [6, 6.07) is 0.720. The first-order valence-electron chi connectivity index (χ1n) is 8.04. The van der Waals surface area contributed by atoms with Gasteiger partial charge in [-0.1, -0.05) is 6.42 Å². The van der Waals surface area contributed by atoms with E-state index in [1.165, 1.54) is 32.4 Å². The van der Waals surface area contributed by atoms with E-state index < -0.39 is 0 Å². The van der Waals surface area contributed by atoms with Gasteiger partial charge in [0.1, 0.15) is 0 Å². The topological polar surface area (TPSA) is 49.6 Å². The Balaban J connectivity index is 1.59. The van der Waals surface area contributed by atoms with E-state index in [-0.39, 0.29) is 12.0 Å². The number of carbonyl (C=O) groups is 1. The highest BCUT2D eigenvalue weighted by atomic mass is 16.2. The van der Waals surface area contributed by atoms with E-state index in [1.807, 2.05) is 0 Å². The molecule has 0 bridgehead atoms. The fraction of sp³-hybridized carbons (Fsp3) is 0.933. The number of rotatable bonds is 2. The van der Waals surface area contributed by atoms with Gasteiger partial charge in [0.05, 0.1) is 5.92 Å². The molecule has 1 amide bonds. The normalized spacial score (nSPS) is 36.9. The van der Waals surface area contributed by atoms with E-state index in [0.29, 0.717) is 11.9 Å². The zero-order valence-electron chi connectivity index (χ0n) is 11.9. The van der Waals surface area contributed by atoms with Crippen LogP contribution < -0.4 is 5.73 Å². The van der Waals surface area contributed by atoms with Crippen molar-refractivity contribution < 1.29 is 4.79 Å². The van der Waals surface area contributed by atoms with Gasteiger partial charge in [-0.2, -0.15) is 0 Å². The summed E-state index contributed by atoms with van der Waals surface area (Å²) in [5.74, 6) is 0.450. The molecule has 0 unspecified atom stereocenters. The van der Waals surface area contributed by atoms with Gasteiger partial charge < -0.3 is 10.6 Å². The van der Waals surface area contributed by atoms with Gasteiger partial charge in [0.25, 0.3) is 0 Å². The lowest BCUT2D eigenvalue weighted by Crippen LogP contribution is -2.51. The summed E-state index contributed by atoms with van der Waals surface area (Å²) in [7, 11) is 0. The molecular weight excluding hydrogens is 238 g/mol. The zero-order valence-corrected chi connectivity index (χ0v) is 11.9. The maximum absolute atomic E-state index is 12.6. The van der Waals surface area contributed by atoms with Crippen molar-refractivity contribution in [1.29, 1.82) is 0 Å². The molecule has 2 saturated heterocycles. The minimum absolute atomic E-state index is 0.109. The molecule has 0 radical (unpaired) electrons. The molecule has 0 aromatic rings. The molecule has 3 rings (SSSR count). The number of likely N-dealkylation sites (tertiary alicyclic amines) is 2. The molecule has 1 saturated carbocycles. The standard InChI is InChI=1S/C15H27N3O/c16-14-7-3-6-13(14)15(19)18-10-4-5-12(11-18)17-8-1-2-9-17/h12-14H,1-11,16H2/t12-,13+,14+/m0/s1. The third kappa shape index (κ3) is 2.79. The number of nitrogens with two attached hydrogens (primary N) is 1. The Kier molecular flexibility index (Phi) is 4.08. The fourth-order valence-electron chi connectivity index (χ4n) is 4.09. The first kappa shape index (κ1) is 13.4. The van der Waals surface area contributed by atoms with Crippen molar-refractivity contribution >= 4 is 5.91 Å². The lowest BCUT2D eigenvalue weighted by molar-refractivity contribution is -0.137. The van der Waals surface area contributed by atoms with Crippen LogP contribution in [-0.2, 0) is 4.79 Å². The van der Waals surface area contributed by atoms with Crippen LogP contribution >= 0.6 is 0 Å². The lowest BCUT2D eigenvalue weighted by Gasteiger charge is -2.39. The maximum Gasteiger partial charge on any atom is 0.227 e. The average molecular weight is 265 g/mol. The van der Waals surface area contributed by atoms with Crippen LogP contribution in [0.3, 0.4) is 0 Å². The van der Waals surface area contributed by atoms with E-state index in [2.05, 4.69) is 9.80 Å². The third-order valence-electron chi connectivity index (χ3n) is 5.25. The van der Waals surface area contributed by atoms with Crippen molar-refractivity contribution in [3.8, 4) is 0 Å². The van der Waals surface area contributed by atoms with E-state index in [1.54, 1.807) is 0 Å². The maximum atomic E-state index is 12.6. The van der Waals surface area contributed by atoms with Crippen LogP contribution in [0.5, 0.6) is 0 Å². The summed E-state index contributed by atoms with van der Waals surface area (Å²) in [5.41, 5.74) is 6.09. The minimum atomic E-state index is 0.109. The van der Waals surface area contributed by atoms with Gasteiger partial charge in [0.15, 0.2) is 0 Å². The average Bonchev–Trinajstić information content (AvgIpc) is 3.09. The molecule has 0 aromatic heterocycles. The molecule has 0 aromatic carbocycles. The van der Waals surface area contributed by atoms with Gasteiger partial charge in [0.2, 0.25) is 5.91 Å². The second-order valence-corrected chi connectivity index (χ2v) is 6.52. The second kappa shape index (κ2) is 5.80. The summed E-state index contributed by atoms with van der Waals surface area (Å²) in [6.07, 6.45) is 8.25. The highest BCUT2D eigenvalue weighted by Gasteiger charge is 2.36. The van der Waals surface area contributed by atoms with Crippen molar-refractivity contribution in [2.45, 2.75) is 57.0 Å². The fourth-order valence-corrected chi connectivity index (χ4v) is 4.09. The Labute approximate surface area is 116 Å². The molecular formula is C15H27N3O. The van der Waals surface area contributed by atoms with Crippen molar-refractivity contribution in [3.63, 3.8) is 0 Å². The summed E-state index contributed by atoms with van der Waals surface area (Å²) in [6.45, 7) is 4.36. The summed E-state index contributed by atoms with van der Waals surface area (Å²) in [5, 5.41) is 0. The van der Waals surface area contributed by atoms with Crippen molar-refractivity contribution in [2.24, 2.45) is 11.7 Å². The first-order valence-corrected chi connectivity index (χ1v) is 8.04. The van der Waals surface area contributed by atoms with Crippen molar-refractivity contribution in [3.05, 3.63) is 0 Å². The Morgan fingerprint density at radius 3 is 2.42 bits per heavy atom. The molecule has 3 aliphatic rings. The number of hydrogen-bond donors (Lipinski definition) is 1. The van der Waals surface area contributed by atoms with E-state index >= 15 is 0 Å². The summed E-state index contributed by atoms with van der Waals surface area (Å²) >= 11 is 0. The van der Waals surface area contributed by atoms with Crippen LogP contribution in [0.15, 0.2) is 0 Å². The second-order valence-electron chi connectivity index (χ2n) is 6.52. The van der Waals surface area contributed by atoms with Gasteiger partial charge in [-0.25, -0.2) is 0 Å². The number of carbonyl (C=O) groups excluding carboxylic acids is 1. The van der Waals surface area contributed by atoms with E-state index in [4.69, 9.17) is 5.73 Å². The third-order valence-corrected chi connectivity index (χ3v) is 5.25. The van der Waals surface area contributed by atoms with Crippen LogP contribution in [0.1, 0.15) is 44.9 Å². The van der Waals surface area contributed by atoms with Gasteiger partial charge in [-0.3, -0.25) is 9.69 Å². The van der Waals surface area contributed by atoms with Crippen LogP contribution in [0.4, 0.5) is 0 Å². The monoisotopic (exact) mass is 265 g/mol. The molecule has 0 spiro atoms. The zero-order chi connectivity index (χ0) is 13.2. The number of hydrogen-bond acceptors (Lipinski definition) is 3. The summed E-state index contributed by atoms with van der Waals surface area (Å²) < 4.78 is 0. The molecule has 4 nitrogen and oxygen atoms in total. The predicted molar refractivity (Wildman–Crippen MR) is 75.7 cm³/mol. The Hall–Kier alpha value is -0.610. The Morgan fingerprint density at radius 1 is 0.947 bits per heavy atom. The first-order chi connectivity index (χ1) is 9.25. The Morgan fingerprint density at radius 2 is 1.74 bits per heavy atom. The largest absolute Gasteiger partial charge is 0.341 e. The SMILES string of the molecule is N[C@@H]1CCC[C@H]1C(=O)N1CCC[C@H](N2CCCC2)C1. The highest BCUT2D eigenvalue weighted by molar-refractivity contribution is 5.80. The lowest BCUT2D eigenvalue weighted by atomic mass is 9.98. The Bertz CT molecular complexity index is 327. The molecule has 3 fully saturated rings. The molecule has 1 aliphatic carbocycles. The van der Waals surface area contributed by atoms with Crippen LogP contribution in [0.25, 0.3) is 0 Å². The summed E-state index contributed by atoms with van der Waals surface area (Å²) in [4.78, 5) is 17.3. The van der Waals surface area contributed by atoms with Gasteiger partial charge in [-0.05, 0) is 51.6 Å². The minimum Gasteiger partial charge on any atom is -0.341 e. The van der Waals surface area contributed by atoms with Gasteiger partial charge in [0, 0.05) is 25.2 Å². The molecule has 2 aliphatic heterocycles. The van der Waals surface area contributed by atoms with Crippen LogP contribution in [0, 0.1) is 5.92 Å². The number of amides is 1. The molecule has 3 atom stereocenters. The highest BCUT2D eigenvalue weighted by Crippen LogP contribution is 2.28. The molecule has 2 heterocycles. The quantitative estimate of drug-likeness (QED) is 0.816. The molecule has 4 heteroatoms. The van der Waals surface area contributed by atoms with Gasteiger partial charge in [-0.15, -0.1) is 0 Å². The van der Waals surface area contributed by atoms with E-state index in [0.717, 1.165) is 38.8 Å². The van der Waals surface area contributed by atoms with Gasteiger partial charge >= 0.3 is 0 Å². The van der Waals surface area contributed by atoms with Crippen LogP contribution in [-0.4, -0.2) is 54.0 Å². The molecule has 19 heavy (non-hydrogen) atoms. The number of piperidine rings is 1. The molecule has 108 valence electrons. The smallest absolute Gasteiger partial charge is 0.227 e. The predicted octanol–water partition coefficient (Wildman–Crippen LogP) is 1.20. The number of nitrogens with zero attached hydrogens (tertiary/aromatic N) is 2. The van der Waals surface area contributed by atoms with Crippen molar-refractivity contribution in [1.82, 2.24) is 9.80 Å². The molecule has 2 N–H and O–H groups in total. The van der Waals surface area contributed by atoms with E-state index in [9.17, 15) is 4.79 Å². The van der Waals surface area contributed by atoms with Crippen molar-refractivity contribution in [2.75, 3.05) is 26.2 Å².